The van der Waals surface area contributed by atoms with Crippen molar-refractivity contribution >= 4 is 23.8 Å². The molecular formula is C26H24ClFN2O3. The van der Waals surface area contributed by atoms with Gasteiger partial charge >= 0.3 is 0 Å². The fraction of sp³-hybridized carbons (Fsp3) is 0.154. The summed E-state index contributed by atoms with van der Waals surface area (Å²) in [7, 11) is 0. The molecule has 0 aliphatic heterocycles. The Balaban J connectivity index is 0.00000306. The van der Waals surface area contributed by atoms with E-state index in [1.54, 1.807) is 18.2 Å². The maximum atomic E-state index is 13.6. The van der Waals surface area contributed by atoms with Crippen LogP contribution in [0.3, 0.4) is 0 Å². The van der Waals surface area contributed by atoms with Crippen molar-refractivity contribution in [2.75, 3.05) is 5.32 Å². The lowest BCUT2D eigenvalue weighted by atomic mass is 9.95. The molecular weight excluding hydrogens is 443 g/mol. The molecule has 0 spiro atoms. The Hall–Kier alpha value is -3.48. The number of nitrogens with one attached hydrogen (secondary N) is 2. The smallest absolute Gasteiger partial charge is 0.271 e. The summed E-state index contributed by atoms with van der Waals surface area (Å²) < 4.78 is 13.6. The van der Waals surface area contributed by atoms with Crippen molar-refractivity contribution in [2.45, 2.75) is 25.4 Å². The van der Waals surface area contributed by atoms with Gasteiger partial charge in [-0.25, -0.2) is 4.39 Å². The molecule has 7 heteroatoms. The van der Waals surface area contributed by atoms with Crippen LogP contribution >= 0.6 is 12.4 Å². The van der Waals surface area contributed by atoms with E-state index < -0.39 is 16.6 Å². The van der Waals surface area contributed by atoms with Gasteiger partial charge in [0, 0.05) is 11.7 Å². The summed E-state index contributed by atoms with van der Waals surface area (Å²) in [5.74, 6) is -0.864. The molecule has 0 saturated heterocycles. The third-order valence-electron chi connectivity index (χ3n) is 5.56. The third kappa shape index (κ3) is 5.13. The van der Waals surface area contributed by atoms with Crippen molar-refractivity contribution in [3.05, 3.63) is 122 Å². The maximum absolute atomic E-state index is 13.6. The monoisotopic (exact) mass is 466 g/mol. The molecule has 0 bridgehead atoms. The molecule has 0 heterocycles. The third-order valence-corrected chi connectivity index (χ3v) is 5.56. The van der Waals surface area contributed by atoms with Crippen LogP contribution in [-0.4, -0.2) is 5.11 Å². The van der Waals surface area contributed by atoms with E-state index in [4.69, 9.17) is 0 Å². The van der Waals surface area contributed by atoms with Crippen LogP contribution in [0.4, 0.5) is 15.8 Å². The first-order valence-electron chi connectivity index (χ1n) is 10.4. The van der Waals surface area contributed by atoms with Crippen LogP contribution in [0.1, 0.15) is 42.1 Å². The normalized spacial score (nSPS) is 12.7. The molecule has 0 aliphatic rings. The fourth-order valence-electron chi connectivity index (χ4n) is 3.81. The van der Waals surface area contributed by atoms with Crippen molar-refractivity contribution in [3.8, 4) is 5.75 Å². The van der Waals surface area contributed by atoms with E-state index in [1.807, 2.05) is 36.4 Å². The van der Waals surface area contributed by atoms with E-state index in [0.29, 0.717) is 5.69 Å². The molecule has 4 aromatic carbocycles. The predicted octanol–water partition coefficient (Wildman–Crippen LogP) is 5.12. The Kier molecular flexibility index (Phi) is 7.63. The first kappa shape index (κ1) is 24.2. The summed E-state index contributed by atoms with van der Waals surface area (Å²) in [5.41, 5.74) is 1.74. The van der Waals surface area contributed by atoms with E-state index in [1.165, 1.54) is 12.1 Å². The van der Waals surface area contributed by atoms with E-state index in [2.05, 4.69) is 29.7 Å². The average molecular weight is 467 g/mol. The van der Waals surface area contributed by atoms with Gasteiger partial charge in [0.15, 0.2) is 5.75 Å². The first-order valence-corrected chi connectivity index (χ1v) is 10.4. The van der Waals surface area contributed by atoms with Crippen LogP contribution in [0, 0.1) is 5.82 Å². The molecule has 33 heavy (non-hydrogen) atoms. The molecule has 0 fully saturated rings. The highest BCUT2D eigenvalue weighted by molar-refractivity contribution is 5.85. The van der Waals surface area contributed by atoms with Gasteiger partial charge in [0.1, 0.15) is 11.5 Å². The van der Waals surface area contributed by atoms with Crippen LogP contribution < -0.4 is 21.5 Å². The Labute approximate surface area is 197 Å². The van der Waals surface area contributed by atoms with Crippen molar-refractivity contribution < 1.29 is 9.50 Å². The van der Waals surface area contributed by atoms with Gasteiger partial charge in [-0.05, 0) is 47.4 Å². The molecule has 2 atom stereocenters. The summed E-state index contributed by atoms with van der Waals surface area (Å²) in [5, 5.41) is 16.2. The van der Waals surface area contributed by atoms with Gasteiger partial charge in [-0.1, -0.05) is 61.5 Å². The number of rotatable bonds is 8. The second-order valence-electron chi connectivity index (χ2n) is 7.66. The van der Waals surface area contributed by atoms with Crippen molar-refractivity contribution in [1.82, 2.24) is 5.32 Å². The van der Waals surface area contributed by atoms with Gasteiger partial charge in [-0.15, -0.1) is 12.4 Å². The zero-order chi connectivity index (χ0) is 22.7. The van der Waals surface area contributed by atoms with Crippen molar-refractivity contribution in [2.24, 2.45) is 0 Å². The summed E-state index contributed by atoms with van der Waals surface area (Å²) in [4.78, 5) is 23.0. The van der Waals surface area contributed by atoms with Gasteiger partial charge in [-0.2, -0.15) is 0 Å². The van der Waals surface area contributed by atoms with Crippen molar-refractivity contribution in [1.29, 1.82) is 0 Å². The molecule has 170 valence electrons. The van der Waals surface area contributed by atoms with E-state index in [-0.39, 0.29) is 36.0 Å². The summed E-state index contributed by atoms with van der Waals surface area (Å²) in [6, 6.07) is 23.6. The molecule has 1 unspecified atom stereocenters. The van der Waals surface area contributed by atoms with E-state index in [9.17, 15) is 19.1 Å². The van der Waals surface area contributed by atoms with Crippen LogP contribution in [0.2, 0.25) is 0 Å². The molecule has 0 aromatic heterocycles. The Morgan fingerprint density at radius 1 is 0.848 bits per heavy atom. The van der Waals surface area contributed by atoms with Crippen molar-refractivity contribution in [3.63, 3.8) is 0 Å². The largest absolute Gasteiger partial charge is 0.502 e. The fourth-order valence-corrected chi connectivity index (χ4v) is 3.81. The molecule has 0 amide bonds. The van der Waals surface area contributed by atoms with Crippen LogP contribution in [-0.2, 0) is 0 Å². The molecule has 0 saturated carbocycles. The van der Waals surface area contributed by atoms with Crippen LogP contribution in [0.15, 0.2) is 88.5 Å². The second kappa shape index (κ2) is 10.4. The average Bonchev–Trinajstić information content (AvgIpc) is 2.84. The first-order chi connectivity index (χ1) is 15.5. The SMILES string of the molecule is CC[C@@H](NC(c1ccc(F)cc1)c1cccc(Nc2c(O)c(=O)c2=O)c1)c1ccccc1.Cl. The molecule has 4 aromatic rings. The van der Waals surface area contributed by atoms with Gasteiger partial charge in [0.05, 0.1) is 6.04 Å². The predicted molar refractivity (Wildman–Crippen MR) is 131 cm³/mol. The molecule has 0 radical (unpaired) electrons. The second-order valence-corrected chi connectivity index (χ2v) is 7.66. The standard InChI is InChI=1S/C26H23FN2O3.ClH/c1-2-21(16-7-4-3-5-8-16)29-22(17-11-13-19(27)14-12-17)18-9-6-10-20(15-18)28-23-24(30)26(32)25(23)31;/h3-15,21-22,28-30H,2H2,1H3;1H/t21-,22?;/m1./s1. The van der Waals surface area contributed by atoms with Gasteiger partial charge in [-0.3, -0.25) is 14.9 Å². The summed E-state index contributed by atoms with van der Waals surface area (Å²) in [6.07, 6.45) is 0.844. The molecule has 0 aliphatic carbocycles. The van der Waals surface area contributed by atoms with Gasteiger partial charge in [0.25, 0.3) is 10.9 Å². The minimum atomic E-state index is -0.886. The maximum Gasteiger partial charge on any atom is 0.271 e. The van der Waals surface area contributed by atoms with E-state index in [0.717, 1.165) is 23.1 Å². The zero-order valence-electron chi connectivity index (χ0n) is 17.9. The lowest BCUT2D eigenvalue weighted by Crippen LogP contribution is -2.32. The topological polar surface area (TPSA) is 78.4 Å². The molecule has 5 nitrogen and oxygen atoms in total. The van der Waals surface area contributed by atoms with E-state index >= 15 is 0 Å². The number of halogens is 2. The summed E-state index contributed by atoms with van der Waals surface area (Å²) >= 11 is 0. The zero-order valence-corrected chi connectivity index (χ0v) is 18.7. The van der Waals surface area contributed by atoms with Gasteiger partial charge < -0.3 is 10.4 Å². The summed E-state index contributed by atoms with van der Waals surface area (Å²) in [6.45, 7) is 2.10. The quantitative estimate of drug-likeness (QED) is 0.314. The lowest BCUT2D eigenvalue weighted by molar-refractivity contribution is 0.466. The van der Waals surface area contributed by atoms with Crippen LogP contribution in [0.5, 0.6) is 5.75 Å². The highest BCUT2D eigenvalue weighted by atomic mass is 35.5. The number of hydrogen-bond donors (Lipinski definition) is 3. The number of hydrogen-bond acceptors (Lipinski definition) is 5. The number of benzene rings is 3. The Bertz CT molecular complexity index is 1290. The van der Waals surface area contributed by atoms with Gasteiger partial charge in [0.2, 0.25) is 0 Å². The molecule has 3 N–H and O–H groups in total. The highest BCUT2D eigenvalue weighted by Gasteiger charge is 2.22. The highest BCUT2D eigenvalue weighted by Crippen LogP contribution is 2.30. The number of aromatic hydroxyl groups is 1. The van der Waals surface area contributed by atoms with Crippen LogP contribution in [0.25, 0.3) is 0 Å². The molecule has 4 rings (SSSR count). The Morgan fingerprint density at radius 2 is 1.52 bits per heavy atom. The Morgan fingerprint density at radius 3 is 2.15 bits per heavy atom. The lowest BCUT2D eigenvalue weighted by Gasteiger charge is -2.27. The number of anilines is 2. The minimum absolute atomic E-state index is 0. The minimum Gasteiger partial charge on any atom is -0.502 e.